The molecule has 0 saturated heterocycles. The van der Waals surface area contributed by atoms with Crippen LogP contribution in [0, 0.1) is 0 Å². The second-order valence-corrected chi connectivity index (χ2v) is 0.542. The number of carboxylic acid groups (broad SMARTS) is 1. The number of rotatable bonds is 1. The molecular weight excluding hydrogens is 187 g/mol. The van der Waals surface area contributed by atoms with Crippen molar-refractivity contribution in [1.29, 1.82) is 0 Å². The summed E-state index contributed by atoms with van der Waals surface area (Å²) >= 11 is 0. The molecule has 2 nitrogen and oxygen atoms in total. The Balaban J connectivity index is 0. The van der Waals surface area contributed by atoms with Gasteiger partial charge in [0, 0.05) is 6.08 Å². The van der Waals surface area contributed by atoms with E-state index in [1.165, 1.54) is 0 Å². The molecule has 1 N–H and O–H groups in total. The van der Waals surface area contributed by atoms with Crippen LogP contribution in [0.1, 0.15) is 0 Å². The summed E-state index contributed by atoms with van der Waals surface area (Å²) in [5.74, 6) is -0.981. The summed E-state index contributed by atoms with van der Waals surface area (Å²) in [5, 5.41) is 7.60. The number of hydrogen-bond acceptors (Lipinski definition) is 1. The van der Waals surface area contributed by atoms with Crippen molar-refractivity contribution in [2.45, 2.75) is 0 Å². The van der Waals surface area contributed by atoms with E-state index >= 15 is 0 Å². The molecule has 0 spiro atoms. The van der Waals surface area contributed by atoms with Gasteiger partial charge < -0.3 is 5.11 Å². The second kappa shape index (κ2) is 5.01. The molecule has 0 aromatic carbocycles. The summed E-state index contributed by atoms with van der Waals surface area (Å²) in [6.45, 7) is 2.96. The van der Waals surface area contributed by atoms with Gasteiger partial charge in [-0.3, -0.25) is 0 Å². The molecule has 3 heteroatoms. The molecule has 0 aliphatic carbocycles. The van der Waals surface area contributed by atoms with E-state index < -0.39 is 5.97 Å². The number of aliphatic carboxylic acids is 1. The Morgan fingerprint density at radius 3 is 2.00 bits per heavy atom. The van der Waals surface area contributed by atoms with Crippen LogP contribution < -0.4 is 0 Å². The van der Waals surface area contributed by atoms with Crippen LogP contribution in [0.3, 0.4) is 0 Å². The van der Waals surface area contributed by atoms with E-state index in [1.54, 1.807) is 0 Å². The zero-order chi connectivity index (χ0) is 4.28. The molecule has 0 fully saturated rings. The average molecular weight is 193 g/mol. The van der Waals surface area contributed by atoms with E-state index in [-0.39, 0.29) is 23.9 Å². The monoisotopic (exact) mass is 194 g/mol. The Labute approximate surface area is 52.8 Å². The Hall–Kier alpha value is 0.00870. The van der Waals surface area contributed by atoms with Gasteiger partial charge in [-0.2, -0.15) is 0 Å². The molecule has 0 unspecified atom stereocenters. The van der Waals surface area contributed by atoms with E-state index in [0.29, 0.717) is 0 Å². The first-order valence-corrected chi connectivity index (χ1v) is 1.12. The first-order chi connectivity index (χ1) is 2.27. The molecule has 0 aromatic heterocycles. The zero-order valence-corrected chi connectivity index (χ0v) is 7.38. The van der Waals surface area contributed by atoms with Crippen LogP contribution in [0.2, 0.25) is 0 Å². The molecule has 0 amide bonds. The van der Waals surface area contributed by atoms with Crippen molar-refractivity contribution < 1.29 is 9.90 Å². The van der Waals surface area contributed by atoms with Crippen molar-refractivity contribution in [2.75, 3.05) is 0 Å². The van der Waals surface area contributed by atoms with E-state index in [2.05, 4.69) is 6.58 Å². The third-order valence-corrected chi connectivity index (χ3v) is 0.175. The maximum absolute atomic E-state index is 9.25. The third kappa shape index (κ3) is 8.99. The predicted molar refractivity (Wildman–Crippen MR) is 26.4 cm³/mol. The minimum atomic E-state index is -0.981. The van der Waals surface area contributed by atoms with Crippen LogP contribution >= 0.6 is 0 Å². The van der Waals surface area contributed by atoms with Crippen LogP contribution in [-0.2, 0) is 4.79 Å². The Bertz CT molecular complexity index is 59.8. The van der Waals surface area contributed by atoms with Gasteiger partial charge in [-0.15, -0.1) is 0 Å². The standard InChI is InChI=1S/C3H4O2.Sn.2H/c1-2-3(4)5;;;/h2H,1H2,(H,4,5);;;. The van der Waals surface area contributed by atoms with Gasteiger partial charge in [0.2, 0.25) is 0 Å². The Kier molecular flexibility index (Phi) is 7.83. The summed E-state index contributed by atoms with van der Waals surface area (Å²) in [6, 6.07) is 0. The molecule has 0 aromatic rings. The summed E-state index contributed by atoms with van der Waals surface area (Å²) < 4.78 is 0. The first kappa shape index (κ1) is 9.38. The van der Waals surface area contributed by atoms with Crippen molar-refractivity contribution in [3.05, 3.63) is 12.7 Å². The summed E-state index contributed by atoms with van der Waals surface area (Å²) in [7, 11) is 0. The van der Waals surface area contributed by atoms with Crippen LogP contribution in [-0.4, -0.2) is 35.0 Å². The van der Waals surface area contributed by atoms with Gasteiger partial charge in [0.1, 0.15) is 0 Å². The van der Waals surface area contributed by atoms with Gasteiger partial charge >= 0.3 is 29.9 Å². The van der Waals surface area contributed by atoms with Gasteiger partial charge in [0.05, 0.1) is 0 Å². The molecular formula is C3H6O2Sn. The third-order valence-electron chi connectivity index (χ3n) is 0.175. The van der Waals surface area contributed by atoms with Crippen LogP contribution in [0.5, 0.6) is 0 Å². The molecule has 0 bridgehead atoms. The fraction of sp³-hybridized carbons (Fsp3) is 0. The van der Waals surface area contributed by atoms with Gasteiger partial charge in [-0.25, -0.2) is 4.79 Å². The predicted octanol–water partition coefficient (Wildman–Crippen LogP) is -0.659. The Morgan fingerprint density at radius 1 is 1.83 bits per heavy atom. The van der Waals surface area contributed by atoms with Crippen molar-refractivity contribution in [3.63, 3.8) is 0 Å². The van der Waals surface area contributed by atoms with E-state index in [1.807, 2.05) is 0 Å². The molecule has 0 atom stereocenters. The Morgan fingerprint density at radius 2 is 2.00 bits per heavy atom. The summed E-state index contributed by atoms with van der Waals surface area (Å²) in [6.07, 6.45) is 0.833. The number of carboxylic acids is 1. The number of hydrogen-bond donors (Lipinski definition) is 1. The average Bonchev–Trinajstić information content (AvgIpc) is 1.38. The molecule has 0 rings (SSSR count). The van der Waals surface area contributed by atoms with Gasteiger partial charge in [-0.1, -0.05) is 6.58 Å². The van der Waals surface area contributed by atoms with Crippen molar-refractivity contribution in [3.8, 4) is 0 Å². The first-order valence-electron chi connectivity index (χ1n) is 1.12. The molecule has 0 aliphatic heterocycles. The number of carbonyl (C=O) groups is 1. The van der Waals surface area contributed by atoms with E-state index in [9.17, 15) is 4.79 Å². The van der Waals surface area contributed by atoms with Crippen molar-refractivity contribution in [1.82, 2.24) is 0 Å². The SMILES string of the molecule is C=CC(=O)O.[SnH2]. The van der Waals surface area contributed by atoms with Gasteiger partial charge in [0.15, 0.2) is 0 Å². The molecule has 0 saturated carbocycles. The van der Waals surface area contributed by atoms with Crippen molar-refractivity contribution >= 4 is 29.9 Å². The topological polar surface area (TPSA) is 37.3 Å². The van der Waals surface area contributed by atoms with Crippen LogP contribution in [0.4, 0.5) is 0 Å². The van der Waals surface area contributed by atoms with Crippen molar-refractivity contribution in [2.24, 2.45) is 0 Å². The molecule has 0 aliphatic rings. The maximum atomic E-state index is 9.25. The van der Waals surface area contributed by atoms with E-state index in [0.717, 1.165) is 6.08 Å². The van der Waals surface area contributed by atoms with Crippen LogP contribution in [0.15, 0.2) is 12.7 Å². The second-order valence-electron chi connectivity index (χ2n) is 0.542. The zero-order valence-electron chi connectivity index (χ0n) is 3.35. The fourth-order valence-electron chi connectivity index (χ4n) is 0. The summed E-state index contributed by atoms with van der Waals surface area (Å²) in [4.78, 5) is 9.25. The molecule has 2 radical (unpaired) electrons. The molecule has 0 heterocycles. The molecule has 34 valence electrons. The van der Waals surface area contributed by atoms with Gasteiger partial charge in [-0.05, 0) is 0 Å². The fourth-order valence-corrected chi connectivity index (χ4v) is 0. The van der Waals surface area contributed by atoms with E-state index in [4.69, 9.17) is 5.11 Å². The normalized spacial score (nSPS) is 5.33. The quantitative estimate of drug-likeness (QED) is 0.443. The van der Waals surface area contributed by atoms with Crippen LogP contribution in [0.25, 0.3) is 0 Å². The minimum absolute atomic E-state index is 0. The summed E-state index contributed by atoms with van der Waals surface area (Å²) in [5.41, 5.74) is 0. The van der Waals surface area contributed by atoms with Gasteiger partial charge in [0.25, 0.3) is 0 Å². The molecule has 6 heavy (non-hydrogen) atoms.